The molecule has 0 aliphatic carbocycles. The number of hydrogen-bond acceptors (Lipinski definition) is 5. The number of carbonyl (C=O) groups excluding carboxylic acids is 2. The molecule has 8 nitrogen and oxygen atoms in total. The standard InChI is InChI=1S/C26H20ClN5O3/c27-21-10-8-20(9-11-21)25-23(16-32(31-25)15-19-4-2-1-3-5-19)26(34)30-29-24(33)17-35-22-12-6-18(14-28)7-13-22/h1-13,16H,15,17H2,(H,29,33)(H,30,34). The highest BCUT2D eigenvalue weighted by molar-refractivity contribution is 6.30. The Morgan fingerprint density at radius 3 is 2.37 bits per heavy atom. The second-order valence-electron chi connectivity index (χ2n) is 7.51. The molecule has 0 saturated carbocycles. The van der Waals surface area contributed by atoms with Crippen LogP contribution in [0.3, 0.4) is 0 Å². The summed E-state index contributed by atoms with van der Waals surface area (Å²) in [6.45, 7) is 0.156. The fourth-order valence-corrected chi connectivity index (χ4v) is 3.39. The van der Waals surface area contributed by atoms with Crippen molar-refractivity contribution in [2.24, 2.45) is 0 Å². The number of halogens is 1. The zero-order valence-electron chi connectivity index (χ0n) is 18.4. The van der Waals surface area contributed by atoms with Crippen molar-refractivity contribution in [3.63, 3.8) is 0 Å². The number of hydrogen-bond donors (Lipinski definition) is 2. The minimum atomic E-state index is -0.549. The van der Waals surface area contributed by atoms with E-state index in [1.165, 1.54) is 0 Å². The van der Waals surface area contributed by atoms with Crippen LogP contribution in [0.4, 0.5) is 0 Å². The van der Waals surface area contributed by atoms with Crippen molar-refractivity contribution in [1.29, 1.82) is 5.26 Å². The number of nitrogens with zero attached hydrogens (tertiary/aromatic N) is 3. The summed E-state index contributed by atoms with van der Waals surface area (Å²) in [5.41, 5.74) is 7.72. The number of nitrogens with one attached hydrogen (secondary N) is 2. The van der Waals surface area contributed by atoms with E-state index < -0.39 is 11.8 Å². The predicted octanol–water partition coefficient (Wildman–Crippen LogP) is 3.96. The van der Waals surface area contributed by atoms with Gasteiger partial charge in [-0.05, 0) is 42.0 Å². The maximum Gasteiger partial charge on any atom is 0.276 e. The molecule has 0 fully saturated rings. The van der Waals surface area contributed by atoms with Gasteiger partial charge in [0.25, 0.3) is 11.8 Å². The summed E-state index contributed by atoms with van der Waals surface area (Å²) in [6.07, 6.45) is 1.63. The number of aromatic nitrogens is 2. The predicted molar refractivity (Wildman–Crippen MR) is 130 cm³/mol. The second-order valence-corrected chi connectivity index (χ2v) is 7.95. The van der Waals surface area contributed by atoms with E-state index in [0.717, 1.165) is 5.56 Å². The van der Waals surface area contributed by atoms with Gasteiger partial charge in [0.2, 0.25) is 0 Å². The highest BCUT2D eigenvalue weighted by atomic mass is 35.5. The molecule has 9 heteroatoms. The van der Waals surface area contributed by atoms with E-state index in [1.54, 1.807) is 59.4 Å². The van der Waals surface area contributed by atoms with Gasteiger partial charge in [-0.1, -0.05) is 54.1 Å². The molecule has 0 bridgehead atoms. The molecule has 0 unspecified atom stereocenters. The number of nitriles is 1. The lowest BCUT2D eigenvalue weighted by atomic mass is 10.1. The number of ether oxygens (including phenoxy) is 1. The monoisotopic (exact) mass is 485 g/mol. The molecule has 1 heterocycles. The lowest BCUT2D eigenvalue weighted by Gasteiger charge is -2.09. The number of hydrazine groups is 1. The summed E-state index contributed by atoms with van der Waals surface area (Å²) in [5.74, 6) is -0.647. The van der Waals surface area contributed by atoms with E-state index in [1.807, 2.05) is 36.4 Å². The molecule has 0 saturated heterocycles. The molecule has 1 aromatic heterocycles. The normalized spacial score (nSPS) is 10.3. The minimum absolute atomic E-state index is 0.288. The number of benzene rings is 3. The van der Waals surface area contributed by atoms with Crippen LogP contribution in [0.15, 0.2) is 85.1 Å². The highest BCUT2D eigenvalue weighted by Gasteiger charge is 2.19. The van der Waals surface area contributed by atoms with Crippen LogP contribution in [-0.4, -0.2) is 28.2 Å². The molecule has 4 rings (SSSR count). The fraction of sp³-hybridized carbons (Fsp3) is 0.0769. The smallest absolute Gasteiger partial charge is 0.276 e. The molecule has 4 aromatic rings. The quantitative estimate of drug-likeness (QED) is 0.385. The van der Waals surface area contributed by atoms with E-state index in [4.69, 9.17) is 21.6 Å². The summed E-state index contributed by atoms with van der Waals surface area (Å²) >= 11 is 6.01. The van der Waals surface area contributed by atoms with Gasteiger partial charge in [-0.15, -0.1) is 0 Å². The van der Waals surface area contributed by atoms with Crippen molar-refractivity contribution in [1.82, 2.24) is 20.6 Å². The van der Waals surface area contributed by atoms with E-state index in [2.05, 4.69) is 16.0 Å². The average Bonchev–Trinajstić information content (AvgIpc) is 3.31. The van der Waals surface area contributed by atoms with Gasteiger partial charge < -0.3 is 4.74 Å². The van der Waals surface area contributed by atoms with E-state index in [0.29, 0.717) is 34.1 Å². The first-order valence-electron chi connectivity index (χ1n) is 10.6. The van der Waals surface area contributed by atoms with Gasteiger partial charge in [0.1, 0.15) is 11.4 Å². The van der Waals surface area contributed by atoms with Crippen LogP contribution >= 0.6 is 11.6 Å². The first-order valence-corrected chi connectivity index (χ1v) is 11.0. The van der Waals surface area contributed by atoms with Crippen LogP contribution < -0.4 is 15.6 Å². The van der Waals surface area contributed by atoms with E-state index >= 15 is 0 Å². The SMILES string of the molecule is N#Cc1ccc(OCC(=O)NNC(=O)c2cn(Cc3ccccc3)nc2-c2ccc(Cl)cc2)cc1. The van der Waals surface area contributed by atoms with Crippen molar-refractivity contribution in [3.05, 3.63) is 107 Å². The Labute approximate surface area is 206 Å². The van der Waals surface area contributed by atoms with E-state index in [-0.39, 0.29) is 12.2 Å². The number of amides is 2. The van der Waals surface area contributed by atoms with Crippen molar-refractivity contribution in [2.75, 3.05) is 6.61 Å². The van der Waals surface area contributed by atoms with Gasteiger partial charge in [-0.3, -0.25) is 25.1 Å². The fourth-order valence-electron chi connectivity index (χ4n) is 3.26. The number of rotatable bonds is 7. The van der Waals surface area contributed by atoms with Crippen molar-refractivity contribution >= 4 is 23.4 Å². The Morgan fingerprint density at radius 2 is 1.69 bits per heavy atom. The third kappa shape index (κ3) is 6.25. The second kappa shape index (κ2) is 11.0. The van der Waals surface area contributed by atoms with Crippen LogP contribution in [0.2, 0.25) is 5.02 Å². The zero-order valence-corrected chi connectivity index (χ0v) is 19.2. The van der Waals surface area contributed by atoms with Gasteiger partial charge in [0, 0.05) is 16.8 Å². The largest absolute Gasteiger partial charge is 0.484 e. The Morgan fingerprint density at radius 1 is 0.971 bits per heavy atom. The lowest BCUT2D eigenvalue weighted by Crippen LogP contribution is -2.43. The third-order valence-corrected chi connectivity index (χ3v) is 5.23. The van der Waals surface area contributed by atoms with Crippen LogP contribution in [0, 0.1) is 11.3 Å². The molecule has 2 amide bonds. The Bertz CT molecular complexity index is 1360. The van der Waals surface area contributed by atoms with Crippen LogP contribution in [0.25, 0.3) is 11.3 Å². The molecule has 0 radical (unpaired) electrons. The van der Waals surface area contributed by atoms with Gasteiger partial charge in [-0.25, -0.2) is 0 Å². The molecule has 35 heavy (non-hydrogen) atoms. The maximum absolute atomic E-state index is 12.9. The summed E-state index contributed by atoms with van der Waals surface area (Å²) in [4.78, 5) is 25.1. The van der Waals surface area contributed by atoms with Crippen molar-refractivity contribution < 1.29 is 14.3 Å². The summed E-state index contributed by atoms with van der Waals surface area (Å²) in [7, 11) is 0. The van der Waals surface area contributed by atoms with Gasteiger partial charge >= 0.3 is 0 Å². The van der Waals surface area contributed by atoms with E-state index in [9.17, 15) is 9.59 Å². The van der Waals surface area contributed by atoms with Crippen molar-refractivity contribution in [3.8, 4) is 23.1 Å². The maximum atomic E-state index is 12.9. The molecular formula is C26H20ClN5O3. The molecule has 0 aliphatic rings. The van der Waals surface area contributed by atoms with Crippen LogP contribution in [-0.2, 0) is 11.3 Å². The molecule has 0 spiro atoms. The molecule has 3 aromatic carbocycles. The van der Waals surface area contributed by atoms with Gasteiger partial charge in [0.15, 0.2) is 6.61 Å². The van der Waals surface area contributed by atoms with Gasteiger partial charge in [-0.2, -0.15) is 10.4 Å². The Balaban J connectivity index is 1.44. The van der Waals surface area contributed by atoms with Gasteiger partial charge in [0.05, 0.1) is 23.7 Å². The summed E-state index contributed by atoms with van der Waals surface area (Å²) < 4.78 is 7.05. The van der Waals surface area contributed by atoms with Crippen LogP contribution in [0.5, 0.6) is 5.75 Å². The first kappa shape index (κ1) is 23.5. The Hall–Kier alpha value is -4.61. The minimum Gasteiger partial charge on any atom is -0.484 e. The molecule has 174 valence electrons. The number of carbonyl (C=O) groups is 2. The molecule has 2 N–H and O–H groups in total. The lowest BCUT2D eigenvalue weighted by molar-refractivity contribution is -0.123. The Kier molecular flexibility index (Phi) is 7.40. The summed E-state index contributed by atoms with van der Waals surface area (Å²) in [5, 5.41) is 14.0. The average molecular weight is 486 g/mol. The molecule has 0 atom stereocenters. The highest BCUT2D eigenvalue weighted by Crippen LogP contribution is 2.24. The van der Waals surface area contributed by atoms with Crippen LogP contribution in [0.1, 0.15) is 21.5 Å². The van der Waals surface area contributed by atoms with Crippen molar-refractivity contribution in [2.45, 2.75) is 6.54 Å². The zero-order chi connectivity index (χ0) is 24.6. The molecule has 0 aliphatic heterocycles. The third-order valence-electron chi connectivity index (χ3n) is 4.98. The first-order chi connectivity index (χ1) is 17.0. The molecular weight excluding hydrogens is 466 g/mol. The topological polar surface area (TPSA) is 109 Å². The summed E-state index contributed by atoms with van der Waals surface area (Å²) in [6, 6.07) is 25.1.